The molecule has 6 heteroatoms. The molecule has 2 aromatic rings. The van der Waals surface area contributed by atoms with Crippen LogP contribution in [-0.2, 0) is 9.84 Å². The first-order chi connectivity index (χ1) is 10.9. The molecule has 0 fully saturated rings. The van der Waals surface area contributed by atoms with E-state index >= 15 is 0 Å². The van der Waals surface area contributed by atoms with Crippen LogP contribution in [0, 0.1) is 0 Å². The van der Waals surface area contributed by atoms with Crippen molar-refractivity contribution < 1.29 is 8.42 Å². The van der Waals surface area contributed by atoms with Crippen molar-refractivity contribution in [2.45, 2.75) is 18.7 Å². The Labute approximate surface area is 137 Å². The van der Waals surface area contributed by atoms with Gasteiger partial charge in [-0.15, -0.1) is 0 Å². The molecule has 0 amide bonds. The van der Waals surface area contributed by atoms with Crippen molar-refractivity contribution in [3.63, 3.8) is 0 Å². The largest absolute Gasteiger partial charge is 0.372 e. The molecule has 0 aliphatic carbocycles. The number of sulfone groups is 1. The summed E-state index contributed by atoms with van der Waals surface area (Å²) in [5.41, 5.74) is 2.53. The first kappa shape index (κ1) is 17.1. The second-order valence-electron chi connectivity index (χ2n) is 5.15. The number of anilines is 1. The summed E-state index contributed by atoms with van der Waals surface area (Å²) in [5, 5.41) is 8.31. The molecule has 0 N–H and O–H groups in total. The Morgan fingerprint density at radius 3 is 1.65 bits per heavy atom. The zero-order valence-electron chi connectivity index (χ0n) is 13.6. The Hall–Kier alpha value is -2.21. The van der Waals surface area contributed by atoms with Crippen molar-refractivity contribution in [3.05, 3.63) is 48.5 Å². The number of nitrogens with zero attached hydrogens (tertiary/aromatic N) is 3. The van der Waals surface area contributed by atoms with Gasteiger partial charge in [-0.1, -0.05) is 0 Å². The first-order valence-corrected chi connectivity index (χ1v) is 9.40. The third-order valence-corrected chi connectivity index (χ3v) is 4.65. The molecule has 0 aliphatic rings. The van der Waals surface area contributed by atoms with Crippen LogP contribution in [0.1, 0.15) is 13.8 Å². The molecule has 0 radical (unpaired) electrons. The van der Waals surface area contributed by atoms with Crippen LogP contribution in [-0.4, -0.2) is 27.8 Å². The first-order valence-electron chi connectivity index (χ1n) is 7.51. The summed E-state index contributed by atoms with van der Waals surface area (Å²) in [4.78, 5) is 2.53. The molecule has 2 aromatic carbocycles. The van der Waals surface area contributed by atoms with Crippen LogP contribution in [0.5, 0.6) is 0 Å². The minimum Gasteiger partial charge on any atom is -0.372 e. The smallest absolute Gasteiger partial charge is 0.175 e. The van der Waals surface area contributed by atoms with Gasteiger partial charge < -0.3 is 4.90 Å². The fourth-order valence-corrected chi connectivity index (χ4v) is 2.82. The molecule has 23 heavy (non-hydrogen) atoms. The Morgan fingerprint density at radius 1 is 0.826 bits per heavy atom. The molecule has 0 bridgehead atoms. The average molecular weight is 331 g/mol. The molecule has 122 valence electrons. The van der Waals surface area contributed by atoms with E-state index in [-0.39, 0.29) is 4.90 Å². The maximum absolute atomic E-state index is 11.4. The van der Waals surface area contributed by atoms with Gasteiger partial charge in [0.15, 0.2) is 9.84 Å². The van der Waals surface area contributed by atoms with Gasteiger partial charge in [0.1, 0.15) is 0 Å². The number of rotatable bonds is 6. The van der Waals surface area contributed by atoms with Gasteiger partial charge in [0.25, 0.3) is 0 Å². The van der Waals surface area contributed by atoms with E-state index in [1.165, 1.54) is 18.4 Å². The molecule has 0 saturated carbocycles. The summed E-state index contributed by atoms with van der Waals surface area (Å²) in [5.74, 6) is 0. The predicted octanol–water partition coefficient (Wildman–Crippen LogP) is 4.35. The monoisotopic (exact) mass is 331 g/mol. The number of azo groups is 1. The molecule has 0 heterocycles. The lowest BCUT2D eigenvalue weighted by molar-refractivity contribution is 0.602. The van der Waals surface area contributed by atoms with E-state index in [1.807, 2.05) is 24.3 Å². The van der Waals surface area contributed by atoms with Crippen LogP contribution in [0.3, 0.4) is 0 Å². The quantitative estimate of drug-likeness (QED) is 0.739. The van der Waals surface area contributed by atoms with Gasteiger partial charge >= 0.3 is 0 Å². The van der Waals surface area contributed by atoms with E-state index < -0.39 is 9.84 Å². The fourth-order valence-electron chi connectivity index (χ4n) is 2.19. The molecule has 0 atom stereocenters. The maximum atomic E-state index is 11.4. The predicted molar refractivity (Wildman–Crippen MR) is 93.7 cm³/mol. The van der Waals surface area contributed by atoms with Crippen LogP contribution in [0.25, 0.3) is 0 Å². The standard InChI is InChI=1S/C17H21N3O2S/c1-4-20(5-2)16-10-6-14(7-11-16)18-19-15-8-12-17(13-9-15)23(3,21)22/h6-13H,4-5H2,1-3H3. The van der Waals surface area contributed by atoms with Crippen molar-refractivity contribution in [1.82, 2.24) is 0 Å². The van der Waals surface area contributed by atoms with Gasteiger partial charge in [-0.25, -0.2) is 8.42 Å². The third kappa shape index (κ3) is 4.63. The van der Waals surface area contributed by atoms with Gasteiger partial charge in [-0.2, -0.15) is 10.2 Å². The van der Waals surface area contributed by atoms with Gasteiger partial charge in [0.05, 0.1) is 16.3 Å². The van der Waals surface area contributed by atoms with E-state index in [2.05, 4.69) is 29.0 Å². The molecule has 0 aliphatic heterocycles. The number of hydrogen-bond donors (Lipinski definition) is 0. The van der Waals surface area contributed by atoms with Crippen molar-refractivity contribution in [3.8, 4) is 0 Å². The lowest BCUT2D eigenvalue weighted by atomic mass is 10.2. The molecule has 5 nitrogen and oxygen atoms in total. The van der Waals surface area contributed by atoms with Crippen molar-refractivity contribution in [2.24, 2.45) is 10.2 Å². The Balaban J connectivity index is 2.11. The normalized spacial score (nSPS) is 11.8. The van der Waals surface area contributed by atoms with Crippen LogP contribution >= 0.6 is 0 Å². The zero-order valence-corrected chi connectivity index (χ0v) is 14.4. The van der Waals surface area contributed by atoms with Crippen LogP contribution in [0.4, 0.5) is 17.1 Å². The molecule has 0 unspecified atom stereocenters. The number of hydrogen-bond acceptors (Lipinski definition) is 5. The Bertz CT molecular complexity index is 762. The highest BCUT2D eigenvalue weighted by Crippen LogP contribution is 2.23. The van der Waals surface area contributed by atoms with Gasteiger partial charge in [0, 0.05) is 25.0 Å². The van der Waals surface area contributed by atoms with E-state index in [1.54, 1.807) is 12.1 Å². The summed E-state index contributed by atoms with van der Waals surface area (Å²) in [6.07, 6.45) is 1.18. The highest BCUT2D eigenvalue weighted by atomic mass is 32.2. The molecule has 0 aromatic heterocycles. The Kier molecular flexibility index (Phi) is 5.50. The van der Waals surface area contributed by atoms with Gasteiger partial charge in [-0.3, -0.25) is 0 Å². The zero-order chi connectivity index (χ0) is 16.9. The van der Waals surface area contributed by atoms with E-state index in [9.17, 15) is 8.42 Å². The maximum Gasteiger partial charge on any atom is 0.175 e. The highest BCUT2D eigenvalue weighted by molar-refractivity contribution is 7.90. The summed E-state index contributed by atoms with van der Waals surface area (Å²) in [6, 6.07) is 14.2. The molecular weight excluding hydrogens is 310 g/mol. The third-order valence-electron chi connectivity index (χ3n) is 3.52. The molecule has 0 spiro atoms. The minimum absolute atomic E-state index is 0.278. The number of benzene rings is 2. The topological polar surface area (TPSA) is 62.1 Å². The van der Waals surface area contributed by atoms with Crippen LogP contribution in [0.2, 0.25) is 0 Å². The fraction of sp³-hybridized carbons (Fsp3) is 0.294. The molecule has 0 saturated heterocycles. The van der Waals surface area contributed by atoms with Gasteiger partial charge in [0.2, 0.25) is 0 Å². The van der Waals surface area contributed by atoms with E-state index in [0.29, 0.717) is 5.69 Å². The lowest BCUT2D eigenvalue weighted by Crippen LogP contribution is -2.21. The lowest BCUT2D eigenvalue weighted by Gasteiger charge is -2.20. The van der Waals surface area contributed by atoms with Crippen molar-refractivity contribution in [1.29, 1.82) is 0 Å². The average Bonchev–Trinajstić information content (AvgIpc) is 2.55. The summed E-state index contributed by atoms with van der Waals surface area (Å²) < 4.78 is 22.8. The second kappa shape index (κ2) is 7.37. The summed E-state index contributed by atoms with van der Waals surface area (Å²) >= 11 is 0. The van der Waals surface area contributed by atoms with Crippen molar-refractivity contribution >= 4 is 26.9 Å². The Morgan fingerprint density at radius 2 is 1.26 bits per heavy atom. The van der Waals surface area contributed by atoms with E-state index in [0.717, 1.165) is 24.5 Å². The molecular formula is C17H21N3O2S. The minimum atomic E-state index is -3.18. The summed E-state index contributed by atoms with van der Waals surface area (Å²) in [6.45, 7) is 6.17. The van der Waals surface area contributed by atoms with E-state index in [4.69, 9.17) is 0 Å². The van der Waals surface area contributed by atoms with Crippen molar-refractivity contribution in [2.75, 3.05) is 24.2 Å². The van der Waals surface area contributed by atoms with Crippen LogP contribution < -0.4 is 4.90 Å². The van der Waals surface area contributed by atoms with Gasteiger partial charge in [-0.05, 0) is 62.4 Å². The SMILES string of the molecule is CCN(CC)c1ccc(N=Nc2ccc(S(C)(=O)=O)cc2)cc1. The second-order valence-corrected chi connectivity index (χ2v) is 7.17. The highest BCUT2D eigenvalue weighted by Gasteiger charge is 2.05. The summed E-state index contributed by atoms with van der Waals surface area (Å²) in [7, 11) is -3.18. The molecule has 2 rings (SSSR count). The van der Waals surface area contributed by atoms with Crippen LogP contribution in [0.15, 0.2) is 63.7 Å².